The van der Waals surface area contributed by atoms with Gasteiger partial charge in [0.25, 0.3) is 0 Å². The van der Waals surface area contributed by atoms with Crippen LogP contribution in [0.1, 0.15) is 12.5 Å². The van der Waals surface area contributed by atoms with Crippen LogP contribution in [-0.4, -0.2) is 48.9 Å². The van der Waals surface area contributed by atoms with E-state index in [1.54, 1.807) is 36.4 Å². The summed E-state index contributed by atoms with van der Waals surface area (Å²) in [5, 5.41) is 3.10. The molecule has 3 amide bonds. The van der Waals surface area contributed by atoms with E-state index in [0.29, 0.717) is 35.3 Å². The van der Waals surface area contributed by atoms with Crippen molar-refractivity contribution in [2.75, 3.05) is 36.5 Å². The van der Waals surface area contributed by atoms with Crippen LogP contribution >= 0.6 is 11.6 Å². The van der Waals surface area contributed by atoms with E-state index in [0.717, 1.165) is 5.56 Å². The lowest BCUT2D eigenvalue weighted by molar-refractivity contribution is -0.147. The first kappa shape index (κ1) is 20.7. The van der Waals surface area contributed by atoms with E-state index in [1.807, 2.05) is 19.9 Å². The van der Waals surface area contributed by atoms with E-state index in [-0.39, 0.29) is 13.1 Å². The van der Waals surface area contributed by atoms with Gasteiger partial charge in [-0.25, -0.2) is 0 Å². The Kier molecular flexibility index (Phi) is 6.39. The quantitative estimate of drug-likeness (QED) is 0.736. The molecule has 0 aliphatic carbocycles. The van der Waals surface area contributed by atoms with E-state index < -0.39 is 17.7 Å². The number of benzene rings is 2. The molecule has 0 atom stereocenters. The highest BCUT2D eigenvalue weighted by atomic mass is 35.5. The summed E-state index contributed by atoms with van der Waals surface area (Å²) < 4.78 is 5.39. The van der Waals surface area contributed by atoms with E-state index in [9.17, 15) is 14.4 Å². The van der Waals surface area contributed by atoms with Gasteiger partial charge in [-0.15, -0.1) is 0 Å². The number of amides is 3. The molecule has 1 N–H and O–H groups in total. The molecule has 152 valence electrons. The molecule has 1 aliphatic rings. The Balaban J connectivity index is 1.61. The zero-order valence-corrected chi connectivity index (χ0v) is 17.0. The van der Waals surface area contributed by atoms with Crippen LogP contribution in [0.4, 0.5) is 11.4 Å². The van der Waals surface area contributed by atoms with Gasteiger partial charge in [0.15, 0.2) is 0 Å². The van der Waals surface area contributed by atoms with Crippen molar-refractivity contribution in [1.82, 2.24) is 4.90 Å². The van der Waals surface area contributed by atoms with Gasteiger partial charge >= 0.3 is 11.8 Å². The number of aryl methyl sites for hydroxylation is 1. The third-order valence-electron chi connectivity index (χ3n) is 4.50. The SMILES string of the molecule is CCOc1ccc(N2CCN(CC(=O)Nc3ccc(C)cc3Cl)C(=O)C2=O)cc1. The summed E-state index contributed by atoms with van der Waals surface area (Å²) in [5.41, 5.74) is 2.05. The molecular formula is C21H22ClN3O4. The number of ether oxygens (including phenoxy) is 1. The Morgan fingerprint density at radius 2 is 1.83 bits per heavy atom. The molecule has 2 aromatic rings. The number of nitrogens with one attached hydrogen (secondary N) is 1. The minimum absolute atomic E-state index is 0.216. The molecular weight excluding hydrogens is 394 g/mol. The van der Waals surface area contributed by atoms with Crippen LogP contribution in [0, 0.1) is 6.92 Å². The maximum Gasteiger partial charge on any atom is 0.316 e. The summed E-state index contributed by atoms with van der Waals surface area (Å²) in [6, 6.07) is 12.2. The van der Waals surface area contributed by atoms with Crippen LogP contribution in [0.25, 0.3) is 0 Å². The Hall–Kier alpha value is -3.06. The lowest BCUT2D eigenvalue weighted by atomic mass is 10.2. The standard InChI is InChI=1S/C21H22ClN3O4/c1-3-29-16-7-5-15(6-8-16)25-11-10-24(20(27)21(25)28)13-19(26)23-18-9-4-14(2)12-17(18)22/h4-9,12H,3,10-11,13H2,1-2H3,(H,23,26). The van der Waals surface area contributed by atoms with Gasteiger partial charge in [-0.3, -0.25) is 14.4 Å². The molecule has 3 rings (SSSR count). The van der Waals surface area contributed by atoms with Gasteiger partial charge < -0.3 is 19.9 Å². The summed E-state index contributed by atoms with van der Waals surface area (Å²) in [7, 11) is 0. The summed E-state index contributed by atoms with van der Waals surface area (Å²) in [6.07, 6.45) is 0. The second-order valence-corrected chi connectivity index (χ2v) is 7.05. The highest BCUT2D eigenvalue weighted by Crippen LogP contribution is 2.24. The van der Waals surface area contributed by atoms with Gasteiger partial charge in [-0.1, -0.05) is 17.7 Å². The maximum atomic E-state index is 12.5. The minimum Gasteiger partial charge on any atom is -0.494 e. The Bertz CT molecular complexity index is 930. The number of halogens is 1. The van der Waals surface area contributed by atoms with Crippen molar-refractivity contribution in [3.8, 4) is 5.75 Å². The maximum absolute atomic E-state index is 12.5. The lowest BCUT2D eigenvalue weighted by Gasteiger charge is -2.33. The van der Waals surface area contributed by atoms with Gasteiger partial charge in [0.2, 0.25) is 5.91 Å². The van der Waals surface area contributed by atoms with Crippen LogP contribution in [0.2, 0.25) is 5.02 Å². The first-order chi connectivity index (χ1) is 13.9. The fourth-order valence-corrected chi connectivity index (χ4v) is 3.33. The van der Waals surface area contributed by atoms with Crippen LogP contribution in [0.5, 0.6) is 5.75 Å². The highest BCUT2D eigenvalue weighted by molar-refractivity contribution is 6.41. The molecule has 0 radical (unpaired) electrons. The van der Waals surface area contributed by atoms with E-state index in [1.165, 1.54) is 9.80 Å². The van der Waals surface area contributed by atoms with Gasteiger partial charge in [0.05, 0.1) is 17.3 Å². The van der Waals surface area contributed by atoms with E-state index >= 15 is 0 Å². The molecule has 1 fully saturated rings. The second kappa shape index (κ2) is 8.96. The average Bonchev–Trinajstić information content (AvgIpc) is 2.69. The smallest absolute Gasteiger partial charge is 0.316 e. The molecule has 2 aromatic carbocycles. The fraction of sp³-hybridized carbons (Fsp3) is 0.286. The number of hydrogen-bond acceptors (Lipinski definition) is 4. The normalized spacial score (nSPS) is 14.2. The molecule has 0 aromatic heterocycles. The third-order valence-corrected chi connectivity index (χ3v) is 4.81. The molecule has 7 nitrogen and oxygen atoms in total. The summed E-state index contributed by atoms with van der Waals surface area (Å²) in [5.74, 6) is -1.09. The number of rotatable bonds is 6. The van der Waals surface area contributed by atoms with Crippen molar-refractivity contribution in [2.24, 2.45) is 0 Å². The number of carbonyl (C=O) groups excluding carboxylic acids is 3. The van der Waals surface area contributed by atoms with Crippen LogP contribution in [0.15, 0.2) is 42.5 Å². The predicted octanol–water partition coefficient (Wildman–Crippen LogP) is 2.86. The Labute approximate surface area is 174 Å². The van der Waals surface area contributed by atoms with Gasteiger partial charge in [0.1, 0.15) is 12.3 Å². The third kappa shape index (κ3) is 4.86. The molecule has 0 spiro atoms. The van der Waals surface area contributed by atoms with Crippen LogP contribution in [-0.2, 0) is 14.4 Å². The van der Waals surface area contributed by atoms with Gasteiger partial charge in [0, 0.05) is 18.8 Å². The van der Waals surface area contributed by atoms with Crippen molar-refractivity contribution >= 4 is 40.7 Å². The summed E-state index contributed by atoms with van der Waals surface area (Å²) in [6.45, 7) is 4.67. The predicted molar refractivity (Wildman–Crippen MR) is 111 cm³/mol. The van der Waals surface area contributed by atoms with Crippen LogP contribution in [0.3, 0.4) is 0 Å². The molecule has 0 saturated carbocycles. The Morgan fingerprint density at radius 3 is 2.48 bits per heavy atom. The zero-order valence-electron chi connectivity index (χ0n) is 16.3. The monoisotopic (exact) mass is 415 g/mol. The number of hydrogen-bond donors (Lipinski definition) is 1. The van der Waals surface area contributed by atoms with Crippen LogP contribution < -0.4 is 15.0 Å². The minimum atomic E-state index is -0.713. The molecule has 0 bridgehead atoms. The number of carbonyl (C=O) groups is 3. The molecule has 1 saturated heterocycles. The number of nitrogens with zero attached hydrogens (tertiary/aromatic N) is 2. The van der Waals surface area contributed by atoms with Crippen molar-refractivity contribution in [3.63, 3.8) is 0 Å². The fourth-order valence-electron chi connectivity index (χ4n) is 3.05. The van der Waals surface area contributed by atoms with Crippen molar-refractivity contribution in [1.29, 1.82) is 0 Å². The van der Waals surface area contributed by atoms with Gasteiger partial charge in [-0.2, -0.15) is 0 Å². The van der Waals surface area contributed by atoms with Gasteiger partial charge in [-0.05, 0) is 55.8 Å². The van der Waals surface area contributed by atoms with Crippen molar-refractivity contribution in [3.05, 3.63) is 53.1 Å². The Morgan fingerprint density at radius 1 is 1.10 bits per heavy atom. The largest absolute Gasteiger partial charge is 0.494 e. The van der Waals surface area contributed by atoms with E-state index in [4.69, 9.17) is 16.3 Å². The summed E-state index contributed by atoms with van der Waals surface area (Å²) >= 11 is 6.12. The molecule has 29 heavy (non-hydrogen) atoms. The molecule has 1 aliphatic heterocycles. The summed E-state index contributed by atoms with van der Waals surface area (Å²) in [4.78, 5) is 40.0. The molecule has 1 heterocycles. The first-order valence-corrected chi connectivity index (χ1v) is 9.66. The van der Waals surface area contributed by atoms with E-state index in [2.05, 4.69) is 5.32 Å². The topological polar surface area (TPSA) is 79.0 Å². The molecule has 0 unspecified atom stereocenters. The lowest BCUT2D eigenvalue weighted by Crippen LogP contribution is -2.56. The number of anilines is 2. The van der Waals surface area contributed by atoms with Crippen molar-refractivity contribution < 1.29 is 19.1 Å². The second-order valence-electron chi connectivity index (χ2n) is 6.64. The zero-order chi connectivity index (χ0) is 21.0. The average molecular weight is 416 g/mol. The van der Waals surface area contributed by atoms with Crippen molar-refractivity contribution in [2.45, 2.75) is 13.8 Å². The molecule has 8 heteroatoms. The number of piperazine rings is 1. The first-order valence-electron chi connectivity index (χ1n) is 9.28. The highest BCUT2D eigenvalue weighted by Gasteiger charge is 2.34.